The van der Waals surface area contributed by atoms with Crippen LogP contribution in [0.25, 0.3) is 0 Å². The lowest BCUT2D eigenvalue weighted by molar-refractivity contribution is -0.112. The molecule has 0 radical (unpaired) electrons. The predicted molar refractivity (Wildman–Crippen MR) is 89.1 cm³/mol. The predicted octanol–water partition coefficient (Wildman–Crippen LogP) is 3.48. The van der Waals surface area contributed by atoms with Crippen molar-refractivity contribution < 1.29 is 19.0 Å². The number of amides is 1. The lowest BCUT2D eigenvalue weighted by Crippen LogP contribution is -2.35. The van der Waals surface area contributed by atoms with Crippen LogP contribution in [0.5, 0.6) is 0 Å². The van der Waals surface area contributed by atoms with Gasteiger partial charge >= 0.3 is 6.09 Å². The second kappa shape index (κ2) is 9.22. The molecule has 0 aliphatic carbocycles. The zero-order valence-electron chi connectivity index (χ0n) is 12.8. The molecule has 5 nitrogen and oxygen atoms in total. The van der Waals surface area contributed by atoms with Crippen LogP contribution >= 0.6 is 22.6 Å². The average Bonchev–Trinajstić information content (AvgIpc) is 2.40. The zero-order valence-corrected chi connectivity index (χ0v) is 14.9. The minimum atomic E-state index is -0.450. The van der Waals surface area contributed by atoms with Crippen molar-refractivity contribution in [3.8, 4) is 0 Å². The molecule has 1 rings (SSSR count). The van der Waals surface area contributed by atoms with E-state index in [1.807, 2.05) is 45.0 Å². The van der Waals surface area contributed by atoms with E-state index in [1.165, 1.54) is 0 Å². The molecule has 1 aromatic carbocycles. The molecular weight excluding hydrogens is 385 g/mol. The molecule has 1 N–H and O–H groups in total. The van der Waals surface area contributed by atoms with Crippen LogP contribution in [0.1, 0.15) is 32.4 Å². The van der Waals surface area contributed by atoms with Gasteiger partial charge in [0.05, 0.1) is 0 Å². The van der Waals surface area contributed by atoms with E-state index < -0.39 is 12.2 Å². The van der Waals surface area contributed by atoms with E-state index in [0.717, 1.165) is 9.13 Å². The van der Waals surface area contributed by atoms with Crippen molar-refractivity contribution in [3.63, 3.8) is 0 Å². The van der Waals surface area contributed by atoms with Crippen molar-refractivity contribution in [1.82, 2.24) is 5.32 Å². The molecule has 0 aliphatic rings. The maximum absolute atomic E-state index is 11.7. The van der Waals surface area contributed by atoms with E-state index in [2.05, 4.69) is 27.9 Å². The minimum Gasteiger partial charge on any atom is -0.443 e. The normalized spacial score (nSPS) is 13.8. The second-order valence-corrected chi connectivity index (χ2v) is 6.09. The number of ether oxygens (including phenoxy) is 3. The van der Waals surface area contributed by atoms with Crippen LogP contribution in [-0.2, 0) is 14.2 Å². The summed E-state index contributed by atoms with van der Waals surface area (Å²) in [5.41, 5.74) is 0.972. The molecule has 0 fully saturated rings. The number of nitrogens with one attached hydrogen (secondary N) is 1. The number of halogens is 1. The molecule has 2 atom stereocenters. The van der Waals surface area contributed by atoms with Crippen LogP contribution in [0.15, 0.2) is 24.3 Å². The molecular formula is C15H22INO4. The van der Waals surface area contributed by atoms with Gasteiger partial charge in [-0.2, -0.15) is 0 Å². The van der Waals surface area contributed by atoms with Gasteiger partial charge in [0.2, 0.25) is 0 Å². The molecule has 0 saturated heterocycles. The minimum absolute atomic E-state index is 0.0277. The standard InChI is InChI=1S/C15H22INO4/c1-10(2)17-15(18)21-11(3)14(20-9-19-4)12-7-5-6-8-13(12)16/h5-8,10-11,14H,9H2,1-4H3,(H,17,18)/t11-,14?/m0/s1. The summed E-state index contributed by atoms with van der Waals surface area (Å²) >= 11 is 2.24. The average molecular weight is 407 g/mol. The molecule has 0 bridgehead atoms. The van der Waals surface area contributed by atoms with E-state index in [0.29, 0.717) is 0 Å². The Morgan fingerprint density at radius 2 is 1.95 bits per heavy atom. The highest BCUT2D eigenvalue weighted by molar-refractivity contribution is 14.1. The number of carbonyl (C=O) groups is 1. The number of alkyl carbamates (subject to hydrolysis) is 1. The number of hydrogen-bond donors (Lipinski definition) is 1. The highest BCUT2D eigenvalue weighted by Crippen LogP contribution is 2.27. The Morgan fingerprint density at radius 1 is 1.29 bits per heavy atom. The van der Waals surface area contributed by atoms with Crippen LogP contribution in [0.3, 0.4) is 0 Å². The molecule has 118 valence electrons. The maximum atomic E-state index is 11.7. The maximum Gasteiger partial charge on any atom is 0.407 e. The van der Waals surface area contributed by atoms with E-state index in [9.17, 15) is 4.79 Å². The summed E-state index contributed by atoms with van der Waals surface area (Å²) in [5.74, 6) is 0. The molecule has 0 aliphatic heterocycles. The number of hydrogen-bond acceptors (Lipinski definition) is 4. The fraction of sp³-hybridized carbons (Fsp3) is 0.533. The summed E-state index contributed by atoms with van der Waals surface area (Å²) in [6.07, 6.45) is -1.26. The molecule has 21 heavy (non-hydrogen) atoms. The van der Waals surface area contributed by atoms with Crippen LogP contribution in [0.4, 0.5) is 4.79 Å². The Kier molecular flexibility index (Phi) is 7.98. The van der Waals surface area contributed by atoms with Gasteiger partial charge in [-0.25, -0.2) is 4.79 Å². The molecule has 1 amide bonds. The highest BCUT2D eigenvalue weighted by atomic mass is 127. The Balaban J connectivity index is 2.82. The SMILES string of the molecule is COCOC(c1ccccc1I)[C@H](C)OC(=O)NC(C)C. The van der Waals surface area contributed by atoms with Gasteiger partial charge in [0, 0.05) is 16.7 Å². The van der Waals surface area contributed by atoms with Gasteiger partial charge in [0.1, 0.15) is 19.0 Å². The third-order valence-corrected chi connectivity index (χ3v) is 3.69. The van der Waals surface area contributed by atoms with Crippen LogP contribution in [-0.4, -0.2) is 32.1 Å². The molecule has 0 heterocycles. The number of benzene rings is 1. The summed E-state index contributed by atoms with van der Waals surface area (Å²) < 4.78 is 17.1. The highest BCUT2D eigenvalue weighted by Gasteiger charge is 2.25. The molecule has 0 aromatic heterocycles. The fourth-order valence-electron chi connectivity index (χ4n) is 1.83. The summed E-state index contributed by atoms with van der Waals surface area (Å²) in [6.45, 7) is 5.70. The Bertz CT molecular complexity index is 453. The third kappa shape index (κ3) is 6.19. The van der Waals surface area contributed by atoms with Gasteiger partial charge < -0.3 is 19.5 Å². The lowest BCUT2D eigenvalue weighted by atomic mass is 10.1. The van der Waals surface area contributed by atoms with Gasteiger partial charge in [-0.3, -0.25) is 0 Å². The topological polar surface area (TPSA) is 56.8 Å². The van der Waals surface area contributed by atoms with Crippen molar-refractivity contribution in [3.05, 3.63) is 33.4 Å². The van der Waals surface area contributed by atoms with Gasteiger partial charge in [-0.1, -0.05) is 18.2 Å². The van der Waals surface area contributed by atoms with Gasteiger partial charge in [0.15, 0.2) is 0 Å². The summed E-state index contributed by atoms with van der Waals surface area (Å²) in [4.78, 5) is 11.7. The van der Waals surface area contributed by atoms with Gasteiger partial charge in [-0.05, 0) is 55.0 Å². The van der Waals surface area contributed by atoms with Crippen molar-refractivity contribution in [2.24, 2.45) is 0 Å². The van der Waals surface area contributed by atoms with Crippen LogP contribution in [0, 0.1) is 3.57 Å². The Hall–Kier alpha value is -0.860. The van der Waals surface area contributed by atoms with Crippen molar-refractivity contribution in [2.45, 2.75) is 39.0 Å². The number of carbonyl (C=O) groups excluding carboxylic acids is 1. The van der Waals surface area contributed by atoms with Crippen LogP contribution < -0.4 is 5.32 Å². The summed E-state index contributed by atoms with van der Waals surface area (Å²) in [7, 11) is 1.56. The second-order valence-electron chi connectivity index (χ2n) is 4.92. The van der Waals surface area contributed by atoms with Crippen LogP contribution in [0.2, 0.25) is 0 Å². The largest absolute Gasteiger partial charge is 0.443 e. The first-order valence-electron chi connectivity index (χ1n) is 6.77. The first-order valence-corrected chi connectivity index (χ1v) is 7.85. The smallest absolute Gasteiger partial charge is 0.407 e. The third-order valence-electron chi connectivity index (χ3n) is 2.70. The van der Waals surface area contributed by atoms with Gasteiger partial charge in [-0.15, -0.1) is 0 Å². The lowest BCUT2D eigenvalue weighted by Gasteiger charge is -2.25. The Morgan fingerprint density at radius 3 is 2.52 bits per heavy atom. The van der Waals surface area contributed by atoms with E-state index in [1.54, 1.807) is 7.11 Å². The summed E-state index contributed by atoms with van der Waals surface area (Å²) in [5, 5.41) is 2.70. The molecule has 1 unspecified atom stereocenters. The monoisotopic (exact) mass is 407 g/mol. The van der Waals surface area contributed by atoms with Crippen molar-refractivity contribution in [1.29, 1.82) is 0 Å². The van der Waals surface area contributed by atoms with Gasteiger partial charge in [0.25, 0.3) is 0 Å². The van der Waals surface area contributed by atoms with E-state index in [4.69, 9.17) is 14.2 Å². The molecule has 0 saturated carbocycles. The molecule has 1 aromatic rings. The van der Waals surface area contributed by atoms with Crippen molar-refractivity contribution in [2.75, 3.05) is 13.9 Å². The summed E-state index contributed by atoms with van der Waals surface area (Å²) in [6, 6.07) is 7.86. The zero-order chi connectivity index (χ0) is 15.8. The number of methoxy groups -OCH3 is 1. The molecule has 0 spiro atoms. The quantitative estimate of drug-likeness (QED) is 0.556. The number of rotatable bonds is 7. The fourth-order valence-corrected chi connectivity index (χ4v) is 2.52. The molecule has 6 heteroatoms. The first-order chi connectivity index (χ1) is 9.95. The van der Waals surface area contributed by atoms with E-state index in [-0.39, 0.29) is 18.9 Å². The van der Waals surface area contributed by atoms with Crippen molar-refractivity contribution >= 4 is 28.7 Å². The van der Waals surface area contributed by atoms with E-state index >= 15 is 0 Å². The Labute approximate surface area is 139 Å². The first kappa shape index (κ1) is 18.2.